The second-order valence-electron chi connectivity index (χ2n) is 5.95. The summed E-state index contributed by atoms with van der Waals surface area (Å²) in [7, 11) is 0. The van der Waals surface area contributed by atoms with E-state index >= 15 is 0 Å². The van der Waals surface area contributed by atoms with Gasteiger partial charge in [-0.05, 0) is 33.2 Å². The summed E-state index contributed by atoms with van der Waals surface area (Å²) in [6, 6.07) is 12.9. The summed E-state index contributed by atoms with van der Waals surface area (Å²) in [4.78, 5) is 4.14. The van der Waals surface area contributed by atoms with Crippen LogP contribution in [-0.2, 0) is 5.41 Å². The highest BCUT2D eigenvalue weighted by Crippen LogP contribution is 2.32. The molecule has 0 amide bonds. The lowest BCUT2D eigenvalue weighted by Gasteiger charge is -2.19. The average molecular weight is 270 g/mol. The van der Waals surface area contributed by atoms with E-state index < -0.39 is 0 Å². The van der Waals surface area contributed by atoms with Gasteiger partial charge in [0.25, 0.3) is 0 Å². The molecule has 0 saturated heterocycles. The summed E-state index contributed by atoms with van der Waals surface area (Å²) < 4.78 is 0. The Labute approximate surface area is 118 Å². The third-order valence-electron chi connectivity index (χ3n) is 3.58. The highest BCUT2D eigenvalue weighted by atomic mass is 35.5. The molecular weight excluding hydrogens is 254 g/mol. The first kappa shape index (κ1) is 12.4. The van der Waals surface area contributed by atoms with Gasteiger partial charge in [-0.2, -0.15) is 0 Å². The van der Waals surface area contributed by atoms with Crippen molar-refractivity contribution < 1.29 is 0 Å². The van der Waals surface area contributed by atoms with Crippen LogP contribution in [0.1, 0.15) is 26.3 Å². The predicted molar refractivity (Wildman–Crippen MR) is 83.0 cm³/mol. The van der Waals surface area contributed by atoms with Gasteiger partial charge in [-0.1, -0.05) is 62.7 Å². The monoisotopic (exact) mass is 269 g/mol. The average Bonchev–Trinajstić information content (AvgIpc) is 2.37. The summed E-state index contributed by atoms with van der Waals surface area (Å²) in [5.74, 6) is 0. The molecule has 0 fully saturated rings. The maximum atomic E-state index is 6.15. The molecule has 0 saturated carbocycles. The standard InChI is InChI=1S/C17H16ClN/c1-17(2,3)12-5-7-13-11(10-12)4-6-15-14(13)8-9-19-16(15)18/h4-10H,1-3H3. The molecule has 3 aromatic rings. The van der Waals surface area contributed by atoms with E-state index in [0.717, 1.165) is 10.8 Å². The third-order valence-corrected chi connectivity index (χ3v) is 3.88. The normalized spacial score (nSPS) is 12.2. The Morgan fingerprint density at radius 1 is 0.895 bits per heavy atom. The van der Waals surface area contributed by atoms with Gasteiger partial charge in [0.05, 0.1) is 0 Å². The van der Waals surface area contributed by atoms with Gasteiger partial charge in [0.1, 0.15) is 5.15 Å². The third kappa shape index (κ3) is 2.08. The van der Waals surface area contributed by atoms with Crippen molar-refractivity contribution in [3.63, 3.8) is 0 Å². The predicted octanol–water partition coefficient (Wildman–Crippen LogP) is 5.34. The number of pyridine rings is 1. The van der Waals surface area contributed by atoms with Crippen molar-refractivity contribution in [1.82, 2.24) is 4.98 Å². The number of halogens is 1. The molecule has 3 rings (SSSR count). The van der Waals surface area contributed by atoms with Crippen LogP contribution in [-0.4, -0.2) is 4.98 Å². The number of nitrogens with zero attached hydrogens (tertiary/aromatic N) is 1. The zero-order valence-electron chi connectivity index (χ0n) is 11.4. The largest absolute Gasteiger partial charge is 0.244 e. The van der Waals surface area contributed by atoms with Crippen molar-refractivity contribution in [3.8, 4) is 0 Å². The number of hydrogen-bond acceptors (Lipinski definition) is 1. The molecule has 2 heteroatoms. The molecule has 0 unspecified atom stereocenters. The van der Waals surface area contributed by atoms with Gasteiger partial charge in [-0.3, -0.25) is 0 Å². The number of hydrogen-bond donors (Lipinski definition) is 0. The van der Waals surface area contributed by atoms with Crippen molar-refractivity contribution in [2.24, 2.45) is 0 Å². The summed E-state index contributed by atoms with van der Waals surface area (Å²) in [5.41, 5.74) is 1.51. The highest BCUT2D eigenvalue weighted by molar-refractivity contribution is 6.35. The van der Waals surface area contributed by atoms with Gasteiger partial charge in [-0.15, -0.1) is 0 Å². The van der Waals surface area contributed by atoms with Crippen molar-refractivity contribution in [2.45, 2.75) is 26.2 Å². The Bertz CT molecular complexity index is 769. The fourth-order valence-electron chi connectivity index (χ4n) is 2.43. The van der Waals surface area contributed by atoms with Crippen molar-refractivity contribution in [3.05, 3.63) is 53.3 Å². The van der Waals surface area contributed by atoms with E-state index in [4.69, 9.17) is 11.6 Å². The molecule has 1 aromatic heterocycles. The smallest absolute Gasteiger partial charge is 0.136 e. The molecule has 2 aromatic carbocycles. The molecule has 0 spiro atoms. The minimum atomic E-state index is 0.166. The molecule has 0 aliphatic carbocycles. The molecule has 0 atom stereocenters. The van der Waals surface area contributed by atoms with E-state index in [1.807, 2.05) is 6.07 Å². The van der Waals surface area contributed by atoms with Crippen LogP contribution in [0.15, 0.2) is 42.6 Å². The maximum absolute atomic E-state index is 6.15. The second-order valence-corrected chi connectivity index (χ2v) is 6.31. The summed E-state index contributed by atoms with van der Waals surface area (Å²) >= 11 is 6.15. The van der Waals surface area contributed by atoms with Crippen molar-refractivity contribution in [2.75, 3.05) is 0 Å². The Morgan fingerprint density at radius 2 is 1.63 bits per heavy atom. The zero-order chi connectivity index (χ0) is 13.6. The summed E-state index contributed by atoms with van der Waals surface area (Å²) in [6.07, 6.45) is 1.77. The van der Waals surface area contributed by atoms with Crippen molar-refractivity contribution in [1.29, 1.82) is 0 Å². The lowest BCUT2D eigenvalue weighted by atomic mass is 9.85. The van der Waals surface area contributed by atoms with Gasteiger partial charge in [0.15, 0.2) is 0 Å². The molecule has 0 bridgehead atoms. The molecule has 1 heterocycles. The molecule has 0 radical (unpaired) electrons. The maximum Gasteiger partial charge on any atom is 0.136 e. The topological polar surface area (TPSA) is 12.9 Å². The number of aromatic nitrogens is 1. The van der Waals surface area contributed by atoms with Gasteiger partial charge in [-0.25, -0.2) is 4.98 Å². The Morgan fingerprint density at radius 3 is 2.37 bits per heavy atom. The Hall–Kier alpha value is -1.60. The fourth-order valence-corrected chi connectivity index (χ4v) is 2.65. The van der Waals surface area contributed by atoms with Crippen LogP contribution >= 0.6 is 11.6 Å². The number of benzene rings is 2. The number of fused-ring (bicyclic) bond motifs is 3. The van der Waals surface area contributed by atoms with Crippen LogP contribution in [0, 0.1) is 0 Å². The van der Waals surface area contributed by atoms with Gasteiger partial charge in [0, 0.05) is 11.6 Å². The Balaban J connectivity index is 2.36. The summed E-state index contributed by atoms with van der Waals surface area (Å²) in [5, 5.41) is 5.23. The lowest BCUT2D eigenvalue weighted by molar-refractivity contribution is 0.591. The van der Waals surface area contributed by atoms with E-state index in [1.165, 1.54) is 16.3 Å². The van der Waals surface area contributed by atoms with E-state index in [2.05, 4.69) is 56.1 Å². The van der Waals surface area contributed by atoms with Crippen LogP contribution in [0.25, 0.3) is 21.5 Å². The highest BCUT2D eigenvalue weighted by Gasteiger charge is 2.14. The van der Waals surface area contributed by atoms with Gasteiger partial charge in [0.2, 0.25) is 0 Å². The molecule has 0 N–H and O–H groups in total. The lowest BCUT2D eigenvalue weighted by Crippen LogP contribution is -2.10. The first-order chi connectivity index (χ1) is 8.97. The van der Waals surface area contributed by atoms with E-state index in [0.29, 0.717) is 5.15 Å². The van der Waals surface area contributed by atoms with Crippen LogP contribution in [0.5, 0.6) is 0 Å². The first-order valence-electron chi connectivity index (χ1n) is 6.44. The summed E-state index contributed by atoms with van der Waals surface area (Å²) in [6.45, 7) is 6.70. The molecule has 96 valence electrons. The van der Waals surface area contributed by atoms with E-state index in [9.17, 15) is 0 Å². The zero-order valence-corrected chi connectivity index (χ0v) is 12.1. The van der Waals surface area contributed by atoms with E-state index in [1.54, 1.807) is 6.20 Å². The molecule has 1 nitrogen and oxygen atoms in total. The minimum Gasteiger partial charge on any atom is -0.244 e. The fraction of sp³-hybridized carbons (Fsp3) is 0.235. The molecule has 0 aliphatic rings. The number of rotatable bonds is 0. The van der Waals surface area contributed by atoms with Crippen LogP contribution in [0.2, 0.25) is 5.15 Å². The second kappa shape index (κ2) is 4.21. The molecule has 0 aliphatic heterocycles. The first-order valence-corrected chi connectivity index (χ1v) is 6.82. The minimum absolute atomic E-state index is 0.166. The quantitative estimate of drug-likeness (QED) is 0.397. The molecule has 19 heavy (non-hydrogen) atoms. The van der Waals surface area contributed by atoms with Gasteiger partial charge >= 0.3 is 0 Å². The van der Waals surface area contributed by atoms with Crippen LogP contribution in [0.4, 0.5) is 0 Å². The van der Waals surface area contributed by atoms with Crippen LogP contribution in [0.3, 0.4) is 0 Å². The van der Waals surface area contributed by atoms with E-state index in [-0.39, 0.29) is 5.41 Å². The Kier molecular flexibility index (Phi) is 2.75. The van der Waals surface area contributed by atoms with Gasteiger partial charge < -0.3 is 0 Å². The van der Waals surface area contributed by atoms with Crippen LogP contribution < -0.4 is 0 Å². The van der Waals surface area contributed by atoms with Crippen molar-refractivity contribution >= 4 is 33.1 Å². The molecular formula is C17H16ClN. The SMILES string of the molecule is CC(C)(C)c1ccc2c(ccc3c(Cl)nccc32)c1.